The number of nitrogens with one attached hydrogen (secondary N) is 1. The van der Waals surface area contributed by atoms with Gasteiger partial charge in [-0.2, -0.15) is 5.10 Å². The van der Waals surface area contributed by atoms with Crippen LogP contribution < -0.4 is 5.32 Å². The Morgan fingerprint density at radius 1 is 1.23 bits per heavy atom. The molecule has 4 aromatic heterocycles. The number of carbonyl (C=O) groups is 1. The molecule has 4 rings (SSSR count). The van der Waals surface area contributed by atoms with Crippen LogP contribution in [0.5, 0.6) is 0 Å². The molecule has 0 aliphatic rings. The Kier molecular flexibility index (Phi) is 3.84. The van der Waals surface area contributed by atoms with Crippen molar-refractivity contribution in [1.29, 1.82) is 0 Å². The second-order valence-corrected chi connectivity index (χ2v) is 7.45. The summed E-state index contributed by atoms with van der Waals surface area (Å²) in [5.74, 6) is 0.376. The molecule has 4 aromatic rings. The molecule has 0 atom stereocenters. The average molecular weight is 367 g/mol. The molecule has 0 unspecified atom stereocenters. The fourth-order valence-electron chi connectivity index (χ4n) is 2.88. The Hall–Kier alpha value is -3.00. The summed E-state index contributed by atoms with van der Waals surface area (Å²) in [6.45, 7) is 5.71. The van der Waals surface area contributed by atoms with Crippen LogP contribution in [0.25, 0.3) is 21.7 Å². The Morgan fingerprint density at radius 2 is 2.04 bits per heavy atom. The minimum atomic E-state index is -0.249. The zero-order chi connectivity index (χ0) is 18.4. The van der Waals surface area contributed by atoms with Crippen molar-refractivity contribution in [2.24, 2.45) is 7.05 Å². The van der Waals surface area contributed by atoms with E-state index in [0.29, 0.717) is 33.9 Å². The van der Waals surface area contributed by atoms with Crippen LogP contribution in [0.4, 0.5) is 5.82 Å². The van der Waals surface area contributed by atoms with Gasteiger partial charge in [0.15, 0.2) is 0 Å². The second-order valence-electron chi connectivity index (χ2n) is 6.16. The normalized spacial score (nSPS) is 11.2. The summed E-state index contributed by atoms with van der Waals surface area (Å²) in [6.07, 6.45) is 0. The maximum atomic E-state index is 13.0. The lowest BCUT2D eigenvalue weighted by molar-refractivity contribution is 0.102. The Morgan fingerprint density at radius 3 is 2.69 bits per heavy atom. The van der Waals surface area contributed by atoms with Gasteiger partial charge in [0, 0.05) is 18.0 Å². The van der Waals surface area contributed by atoms with E-state index >= 15 is 0 Å². The van der Waals surface area contributed by atoms with E-state index in [1.807, 2.05) is 32.0 Å². The molecule has 0 aromatic carbocycles. The number of hydrogen-bond donors (Lipinski definition) is 1. The molecule has 1 N–H and O–H groups in total. The zero-order valence-corrected chi connectivity index (χ0v) is 15.6. The molecule has 0 saturated carbocycles. The quantitative estimate of drug-likeness (QED) is 0.594. The van der Waals surface area contributed by atoms with Crippen molar-refractivity contribution in [3.8, 4) is 10.6 Å². The first kappa shape index (κ1) is 16.5. The van der Waals surface area contributed by atoms with E-state index in [0.717, 1.165) is 10.6 Å². The van der Waals surface area contributed by atoms with Crippen LogP contribution in [-0.4, -0.2) is 25.8 Å². The predicted octanol–water partition coefficient (Wildman–Crippen LogP) is 3.86. The third-order valence-corrected chi connectivity index (χ3v) is 5.12. The zero-order valence-electron chi connectivity index (χ0n) is 14.8. The molecule has 0 fully saturated rings. The minimum absolute atomic E-state index is 0.249. The molecular weight excluding hydrogens is 350 g/mol. The highest BCUT2D eigenvalue weighted by molar-refractivity contribution is 7.15. The van der Waals surface area contributed by atoms with Gasteiger partial charge in [0.1, 0.15) is 5.82 Å². The Labute approximate surface area is 153 Å². The van der Waals surface area contributed by atoms with Gasteiger partial charge in [-0.1, -0.05) is 5.16 Å². The maximum Gasteiger partial charge on any atom is 0.259 e. The number of amides is 1. The molecule has 0 bridgehead atoms. The van der Waals surface area contributed by atoms with Crippen LogP contribution in [0.15, 0.2) is 28.8 Å². The third kappa shape index (κ3) is 2.78. The van der Waals surface area contributed by atoms with E-state index in [1.54, 1.807) is 36.1 Å². The first-order valence-corrected chi connectivity index (χ1v) is 8.90. The molecule has 132 valence electrons. The highest BCUT2D eigenvalue weighted by atomic mass is 32.1. The summed E-state index contributed by atoms with van der Waals surface area (Å²) in [5, 5.41) is 11.8. The highest BCUT2D eigenvalue weighted by Gasteiger charge is 2.20. The molecule has 0 aliphatic carbocycles. The largest absolute Gasteiger partial charge is 0.335 e. The Bertz CT molecular complexity index is 1140. The van der Waals surface area contributed by atoms with Gasteiger partial charge in [0.2, 0.25) is 0 Å². The lowest BCUT2D eigenvalue weighted by atomic mass is 10.1. The van der Waals surface area contributed by atoms with Gasteiger partial charge in [-0.3, -0.25) is 9.48 Å². The molecule has 0 spiro atoms. The minimum Gasteiger partial charge on any atom is -0.335 e. The van der Waals surface area contributed by atoms with Crippen LogP contribution in [0.1, 0.15) is 26.6 Å². The van der Waals surface area contributed by atoms with Gasteiger partial charge in [0.05, 0.1) is 32.9 Å². The van der Waals surface area contributed by atoms with Crippen molar-refractivity contribution >= 4 is 34.2 Å². The summed E-state index contributed by atoms with van der Waals surface area (Å²) in [4.78, 5) is 19.7. The first-order chi connectivity index (χ1) is 12.4. The van der Waals surface area contributed by atoms with E-state index in [4.69, 9.17) is 4.52 Å². The fraction of sp³-hybridized carbons (Fsp3) is 0.222. The second kappa shape index (κ2) is 6.06. The number of anilines is 1. The van der Waals surface area contributed by atoms with E-state index in [9.17, 15) is 4.79 Å². The summed E-state index contributed by atoms with van der Waals surface area (Å²) < 4.78 is 6.97. The molecule has 26 heavy (non-hydrogen) atoms. The molecule has 4 heterocycles. The van der Waals surface area contributed by atoms with Crippen molar-refractivity contribution in [2.75, 3.05) is 5.32 Å². The number of nitrogens with zero attached hydrogens (tertiary/aromatic N) is 4. The summed E-state index contributed by atoms with van der Waals surface area (Å²) in [7, 11) is 1.79. The summed E-state index contributed by atoms with van der Waals surface area (Å²) >= 11 is 1.62. The lowest BCUT2D eigenvalue weighted by Gasteiger charge is -2.07. The van der Waals surface area contributed by atoms with E-state index in [2.05, 4.69) is 20.6 Å². The van der Waals surface area contributed by atoms with Gasteiger partial charge in [0.25, 0.3) is 11.6 Å². The van der Waals surface area contributed by atoms with Crippen molar-refractivity contribution in [2.45, 2.75) is 20.8 Å². The number of aryl methyl sites for hydroxylation is 4. The van der Waals surface area contributed by atoms with Crippen LogP contribution >= 0.6 is 11.3 Å². The number of thiophene rings is 1. The SMILES string of the molecule is Cc1cc(NC(=O)c2cc(-c3ccc(C)s3)nc3onc(C)c23)n(C)n1. The van der Waals surface area contributed by atoms with Crippen molar-refractivity contribution in [3.05, 3.63) is 46.1 Å². The van der Waals surface area contributed by atoms with Crippen molar-refractivity contribution in [1.82, 2.24) is 19.9 Å². The monoisotopic (exact) mass is 367 g/mol. The van der Waals surface area contributed by atoms with Crippen LogP contribution in [0.2, 0.25) is 0 Å². The highest BCUT2D eigenvalue weighted by Crippen LogP contribution is 2.31. The number of carbonyl (C=O) groups excluding carboxylic acids is 1. The molecular formula is C18H17N5O2S. The molecule has 1 amide bonds. The van der Waals surface area contributed by atoms with Gasteiger partial charge in [-0.15, -0.1) is 11.3 Å². The van der Waals surface area contributed by atoms with Crippen LogP contribution in [-0.2, 0) is 7.05 Å². The van der Waals surface area contributed by atoms with Gasteiger partial charge < -0.3 is 9.84 Å². The number of rotatable bonds is 3. The topological polar surface area (TPSA) is 85.8 Å². The molecule has 8 heteroatoms. The van der Waals surface area contributed by atoms with Gasteiger partial charge >= 0.3 is 0 Å². The smallest absolute Gasteiger partial charge is 0.259 e. The van der Waals surface area contributed by atoms with E-state index < -0.39 is 0 Å². The predicted molar refractivity (Wildman–Crippen MR) is 100 cm³/mol. The number of fused-ring (bicyclic) bond motifs is 1. The molecule has 7 nitrogen and oxygen atoms in total. The maximum absolute atomic E-state index is 13.0. The summed E-state index contributed by atoms with van der Waals surface area (Å²) in [6, 6.07) is 7.62. The van der Waals surface area contributed by atoms with E-state index in [1.165, 1.54) is 4.88 Å². The average Bonchev–Trinajstić information content (AvgIpc) is 3.27. The van der Waals surface area contributed by atoms with E-state index in [-0.39, 0.29) is 5.91 Å². The van der Waals surface area contributed by atoms with Gasteiger partial charge in [-0.25, -0.2) is 4.98 Å². The lowest BCUT2D eigenvalue weighted by Crippen LogP contribution is -2.15. The van der Waals surface area contributed by atoms with Crippen molar-refractivity contribution in [3.63, 3.8) is 0 Å². The number of hydrogen-bond acceptors (Lipinski definition) is 6. The first-order valence-electron chi connectivity index (χ1n) is 8.08. The molecule has 0 saturated heterocycles. The standard InChI is InChI=1S/C18H17N5O2S/c1-9-7-15(23(4)21-9)20-17(24)12-8-13(14-6-5-10(2)26-14)19-18-16(12)11(3)22-25-18/h5-8H,1-4H3,(H,20,24). The third-order valence-electron chi connectivity index (χ3n) is 4.10. The number of aromatic nitrogens is 4. The fourth-order valence-corrected chi connectivity index (χ4v) is 3.71. The number of pyridine rings is 1. The van der Waals surface area contributed by atoms with Gasteiger partial charge in [-0.05, 0) is 39.0 Å². The Balaban J connectivity index is 1.83. The van der Waals surface area contributed by atoms with Crippen molar-refractivity contribution < 1.29 is 9.32 Å². The van der Waals surface area contributed by atoms with Crippen LogP contribution in [0.3, 0.4) is 0 Å². The molecule has 0 radical (unpaired) electrons. The molecule has 0 aliphatic heterocycles. The van der Waals surface area contributed by atoms with Crippen LogP contribution in [0, 0.1) is 20.8 Å². The summed E-state index contributed by atoms with van der Waals surface area (Å²) in [5.41, 5.74) is 3.00.